The van der Waals surface area contributed by atoms with Gasteiger partial charge >= 0.3 is 0 Å². The normalized spacial score (nSPS) is 10.0. The van der Waals surface area contributed by atoms with Crippen LogP contribution in [0.1, 0.15) is 5.56 Å². The molecule has 2 N–H and O–H groups in total. The number of rotatable bonds is 6. The van der Waals surface area contributed by atoms with Gasteiger partial charge in [-0.05, 0) is 30.4 Å². The van der Waals surface area contributed by atoms with Crippen molar-refractivity contribution in [2.75, 3.05) is 20.8 Å². The van der Waals surface area contributed by atoms with E-state index in [1.807, 2.05) is 18.2 Å². The number of hydrogen-bond acceptors (Lipinski definition) is 4. The van der Waals surface area contributed by atoms with Crippen molar-refractivity contribution >= 4 is 23.5 Å². The van der Waals surface area contributed by atoms with Crippen molar-refractivity contribution in [1.29, 1.82) is 0 Å². The van der Waals surface area contributed by atoms with Crippen LogP contribution < -0.4 is 20.2 Å². The lowest BCUT2D eigenvalue weighted by Gasteiger charge is -2.07. The summed E-state index contributed by atoms with van der Waals surface area (Å²) in [5.41, 5.74) is 3.49. The van der Waals surface area contributed by atoms with E-state index in [1.54, 1.807) is 26.5 Å². The highest BCUT2D eigenvalue weighted by Crippen LogP contribution is 2.22. The van der Waals surface area contributed by atoms with E-state index in [2.05, 4.69) is 22.4 Å². The zero-order valence-corrected chi connectivity index (χ0v) is 11.8. The van der Waals surface area contributed by atoms with Crippen LogP contribution in [0.5, 0.6) is 11.5 Å². The van der Waals surface area contributed by atoms with Gasteiger partial charge in [0.2, 0.25) is 0 Å². The maximum Gasteiger partial charge on any atom is 0.187 e. The number of hydrogen-bond donors (Lipinski definition) is 2. The number of ether oxygens (including phenoxy) is 2. The molecule has 0 radical (unpaired) electrons. The fraction of sp³-hybridized carbons (Fsp3) is 0.231. The van der Waals surface area contributed by atoms with E-state index in [0.29, 0.717) is 17.4 Å². The van der Waals surface area contributed by atoms with Gasteiger partial charge in [-0.2, -0.15) is 5.10 Å². The zero-order valence-electron chi connectivity index (χ0n) is 11.0. The molecule has 0 amide bonds. The van der Waals surface area contributed by atoms with Gasteiger partial charge < -0.3 is 14.8 Å². The first-order valence-corrected chi connectivity index (χ1v) is 6.02. The predicted molar refractivity (Wildman–Crippen MR) is 81.1 cm³/mol. The largest absolute Gasteiger partial charge is 0.497 e. The molecule has 0 aliphatic heterocycles. The molecule has 0 saturated heterocycles. The maximum atomic E-state index is 5.23. The molecule has 0 bridgehead atoms. The van der Waals surface area contributed by atoms with E-state index < -0.39 is 0 Å². The maximum absolute atomic E-state index is 5.23. The summed E-state index contributed by atoms with van der Waals surface area (Å²) < 4.78 is 10.4. The smallest absolute Gasteiger partial charge is 0.187 e. The highest BCUT2D eigenvalue weighted by Gasteiger charge is 2.02. The molecule has 0 aliphatic carbocycles. The Hall–Kier alpha value is -2.08. The SMILES string of the molecule is C=CCNC(=S)NN=Cc1cc(OC)ccc1OC. The molecule has 5 nitrogen and oxygen atoms in total. The molecule has 1 rings (SSSR count). The van der Waals surface area contributed by atoms with Crippen LogP contribution in [0, 0.1) is 0 Å². The highest BCUT2D eigenvalue weighted by atomic mass is 32.1. The molecule has 0 unspecified atom stereocenters. The summed E-state index contributed by atoms with van der Waals surface area (Å²) in [6.07, 6.45) is 3.33. The van der Waals surface area contributed by atoms with E-state index in [9.17, 15) is 0 Å². The van der Waals surface area contributed by atoms with Crippen LogP contribution in [0.15, 0.2) is 36.0 Å². The Morgan fingerprint density at radius 1 is 1.42 bits per heavy atom. The fourth-order valence-electron chi connectivity index (χ4n) is 1.31. The minimum absolute atomic E-state index is 0.429. The van der Waals surface area contributed by atoms with Crippen molar-refractivity contribution in [2.24, 2.45) is 5.10 Å². The van der Waals surface area contributed by atoms with Crippen LogP contribution in [-0.2, 0) is 0 Å². The van der Waals surface area contributed by atoms with E-state index in [-0.39, 0.29) is 0 Å². The molecule has 0 atom stereocenters. The van der Waals surface area contributed by atoms with Gasteiger partial charge in [0.05, 0.1) is 20.4 Å². The Morgan fingerprint density at radius 3 is 2.84 bits per heavy atom. The molecule has 0 saturated carbocycles. The first-order chi connectivity index (χ1) is 9.21. The second-order valence-corrected chi connectivity index (χ2v) is 3.88. The van der Waals surface area contributed by atoms with Gasteiger partial charge in [0.15, 0.2) is 5.11 Å². The number of nitrogens with one attached hydrogen (secondary N) is 2. The molecule has 1 aromatic carbocycles. The molecular weight excluding hydrogens is 262 g/mol. The fourth-order valence-corrected chi connectivity index (χ4v) is 1.44. The lowest BCUT2D eigenvalue weighted by Crippen LogP contribution is -2.31. The van der Waals surface area contributed by atoms with Crippen molar-refractivity contribution in [1.82, 2.24) is 10.7 Å². The Balaban J connectivity index is 2.69. The molecule has 0 heterocycles. The Kier molecular flexibility index (Phi) is 6.38. The number of benzene rings is 1. The van der Waals surface area contributed by atoms with Crippen molar-refractivity contribution < 1.29 is 9.47 Å². The molecule has 19 heavy (non-hydrogen) atoms. The average molecular weight is 279 g/mol. The zero-order chi connectivity index (χ0) is 14.1. The Labute approximate surface area is 118 Å². The van der Waals surface area contributed by atoms with E-state index in [1.165, 1.54) is 0 Å². The first-order valence-electron chi connectivity index (χ1n) is 5.61. The van der Waals surface area contributed by atoms with Gasteiger partial charge in [-0.25, -0.2) is 0 Å². The van der Waals surface area contributed by atoms with Gasteiger partial charge in [-0.1, -0.05) is 6.08 Å². The summed E-state index contributed by atoms with van der Waals surface area (Å²) in [6, 6.07) is 5.46. The average Bonchev–Trinajstić information content (AvgIpc) is 2.44. The molecule has 102 valence electrons. The monoisotopic (exact) mass is 279 g/mol. The third-order valence-electron chi connectivity index (χ3n) is 2.21. The van der Waals surface area contributed by atoms with Crippen molar-refractivity contribution in [3.63, 3.8) is 0 Å². The van der Waals surface area contributed by atoms with E-state index in [4.69, 9.17) is 21.7 Å². The summed E-state index contributed by atoms with van der Waals surface area (Å²) in [7, 11) is 3.21. The number of nitrogens with zero attached hydrogens (tertiary/aromatic N) is 1. The molecule has 0 fully saturated rings. The number of hydrazone groups is 1. The molecule has 6 heteroatoms. The minimum atomic E-state index is 0.429. The van der Waals surface area contributed by atoms with Crippen LogP contribution in [-0.4, -0.2) is 32.1 Å². The lowest BCUT2D eigenvalue weighted by atomic mass is 10.2. The molecular formula is C13H17N3O2S. The minimum Gasteiger partial charge on any atom is -0.497 e. The standard InChI is InChI=1S/C13H17N3O2S/c1-4-7-14-13(19)16-15-9-10-8-11(17-2)5-6-12(10)18-3/h4-6,8-9H,1,7H2,2-3H3,(H2,14,16,19). The highest BCUT2D eigenvalue weighted by molar-refractivity contribution is 7.80. The molecule has 0 spiro atoms. The summed E-state index contributed by atoms with van der Waals surface area (Å²) in [4.78, 5) is 0. The van der Waals surface area contributed by atoms with Crippen molar-refractivity contribution in [3.05, 3.63) is 36.4 Å². The third-order valence-corrected chi connectivity index (χ3v) is 2.45. The summed E-state index contributed by atoms with van der Waals surface area (Å²) in [6.45, 7) is 4.17. The second-order valence-electron chi connectivity index (χ2n) is 3.48. The quantitative estimate of drug-likeness (QED) is 0.359. The van der Waals surface area contributed by atoms with Gasteiger partial charge in [0, 0.05) is 12.1 Å². The predicted octanol–water partition coefficient (Wildman–Crippen LogP) is 1.69. The summed E-state index contributed by atoms with van der Waals surface area (Å²) >= 11 is 5.01. The first kappa shape index (κ1) is 15.0. The molecule has 0 aromatic heterocycles. The van der Waals surface area contributed by atoms with Crippen LogP contribution in [0.3, 0.4) is 0 Å². The second kappa shape index (κ2) is 8.10. The van der Waals surface area contributed by atoms with Crippen LogP contribution in [0.25, 0.3) is 0 Å². The van der Waals surface area contributed by atoms with Crippen LogP contribution >= 0.6 is 12.2 Å². The topological polar surface area (TPSA) is 54.9 Å². The van der Waals surface area contributed by atoms with Crippen LogP contribution in [0.4, 0.5) is 0 Å². The van der Waals surface area contributed by atoms with Crippen molar-refractivity contribution in [3.8, 4) is 11.5 Å². The van der Waals surface area contributed by atoms with Crippen molar-refractivity contribution in [2.45, 2.75) is 0 Å². The molecule has 0 aliphatic rings. The van der Waals surface area contributed by atoms with Crippen LogP contribution in [0.2, 0.25) is 0 Å². The third kappa shape index (κ3) is 4.97. The van der Waals surface area contributed by atoms with Gasteiger partial charge in [0.25, 0.3) is 0 Å². The Bertz CT molecular complexity index is 475. The lowest BCUT2D eigenvalue weighted by molar-refractivity contribution is 0.402. The van der Waals surface area contributed by atoms with Gasteiger partial charge in [0.1, 0.15) is 11.5 Å². The van der Waals surface area contributed by atoms with E-state index >= 15 is 0 Å². The number of methoxy groups -OCH3 is 2. The Morgan fingerprint density at radius 2 is 2.21 bits per heavy atom. The molecule has 1 aromatic rings. The summed E-state index contributed by atoms with van der Waals surface area (Å²) in [5, 5.41) is 7.36. The van der Waals surface area contributed by atoms with E-state index in [0.717, 1.165) is 11.3 Å². The summed E-state index contributed by atoms with van der Waals surface area (Å²) in [5.74, 6) is 1.44. The van der Waals surface area contributed by atoms with Gasteiger partial charge in [-0.15, -0.1) is 6.58 Å². The van der Waals surface area contributed by atoms with Gasteiger partial charge in [-0.3, -0.25) is 5.43 Å². The number of thiocarbonyl (C=S) groups is 1.